The Morgan fingerprint density at radius 3 is 2.36 bits per heavy atom. The fourth-order valence-corrected chi connectivity index (χ4v) is 4.89. The zero-order valence-electron chi connectivity index (χ0n) is 22.4. The molecule has 0 radical (unpaired) electrons. The molecule has 0 spiro atoms. The van der Waals surface area contributed by atoms with Gasteiger partial charge in [-0.3, -0.25) is 29.5 Å². The van der Waals surface area contributed by atoms with Crippen LogP contribution in [0.15, 0.2) is 53.0 Å². The first-order chi connectivity index (χ1) is 19.5. The number of likely N-dealkylation sites (tertiary alicyclic amines) is 1. The first-order valence-electron chi connectivity index (χ1n) is 12.7. The van der Waals surface area contributed by atoms with Crippen LogP contribution in [0.4, 0.5) is 4.39 Å². The van der Waals surface area contributed by atoms with Crippen LogP contribution in [0.2, 0.25) is 0 Å². The van der Waals surface area contributed by atoms with Crippen LogP contribution in [0, 0.1) is 5.82 Å². The maximum Gasteiger partial charge on any atom is 0.306 e. The lowest BCUT2D eigenvalue weighted by Crippen LogP contribution is -2.85. The van der Waals surface area contributed by atoms with E-state index >= 15 is 0 Å². The van der Waals surface area contributed by atoms with Gasteiger partial charge in [0, 0.05) is 31.7 Å². The maximum absolute atomic E-state index is 14.7. The molecule has 3 fully saturated rings. The number of ether oxygens (including phenoxy) is 1. The molecule has 3 saturated heterocycles. The van der Waals surface area contributed by atoms with Gasteiger partial charge in [-0.2, -0.15) is 0 Å². The number of carbonyl (C=O) groups excluding carboxylic acids is 3. The van der Waals surface area contributed by atoms with Crippen molar-refractivity contribution in [3.63, 3.8) is 0 Å². The van der Waals surface area contributed by atoms with Crippen molar-refractivity contribution in [2.75, 3.05) is 32.8 Å². The summed E-state index contributed by atoms with van der Waals surface area (Å²) in [6.07, 6.45) is 0. The van der Waals surface area contributed by atoms with Crippen molar-refractivity contribution in [2.24, 2.45) is 0 Å². The Bertz CT molecular complexity index is 1410. The van der Waals surface area contributed by atoms with Crippen LogP contribution in [0.1, 0.15) is 11.1 Å². The number of hydrogen-bond donors (Lipinski definition) is 9. The summed E-state index contributed by atoms with van der Waals surface area (Å²) in [6.45, 7) is 5.21. The number of aliphatic hydroxyl groups is 7. The second kappa shape index (κ2) is 11.1. The molecule has 0 bridgehead atoms. The highest BCUT2D eigenvalue weighted by Gasteiger charge is 2.76. The minimum Gasteiger partial charge on any atom is -0.505 e. The Kier molecular flexibility index (Phi) is 8.22. The number of halogens is 1. The number of piperidine rings is 1. The number of hydrogen-bond acceptors (Lipinski definition) is 13. The fraction of sp³-hybridized carbons (Fsp3) is 0.400. The summed E-state index contributed by atoms with van der Waals surface area (Å²) in [5.74, 6) is -16.6. The predicted molar refractivity (Wildman–Crippen MR) is 140 cm³/mol. The summed E-state index contributed by atoms with van der Waals surface area (Å²) < 4.78 is 20.0. The van der Waals surface area contributed by atoms with Crippen LogP contribution in [0.3, 0.4) is 0 Å². The summed E-state index contributed by atoms with van der Waals surface area (Å²) in [6, 6.07) is 4.56. The lowest BCUT2D eigenvalue weighted by molar-refractivity contribution is -0.407. The molecule has 0 aromatic heterocycles. The van der Waals surface area contributed by atoms with Crippen LogP contribution in [0.25, 0.3) is 0 Å². The van der Waals surface area contributed by atoms with E-state index in [0.717, 1.165) is 5.56 Å². The third-order valence-electron chi connectivity index (χ3n) is 7.43. The van der Waals surface area contributed by atoms with Gasteiger partial charge < -0.3 is 45.8 Å². The van der Waals surface area contributed by atoms with Crippen LogP contribution in [-0.2, 0) is 32.2 Å². The van der Waals surface area contributed by atoms with E-state index in [4.69, 9.17) is 4.74 Å². The number of morpholine rings is 1. The highest BCUT2D eigenvalue weighted by molar-refractivity contribution is 6.23. The predicted octanol–water partition coefficient (Wildman–Crippen LogP) is -3.97. The number of imide groups is 1. The molecule has 1 unspecified atom stereocenters. The lowest BCUT2D eigenvalue weighted by Gasteiger charge is -2.49. The molecular formula is C25H30BFN4O11. The summed E-state index contributed by atoms with van der Waals surface area (Å²) >= 11 is 0. The van der Waals surface area contributed by atoms with Gasteiger partial charge in [-0.1, -0.05) is 12.6 Å². The number of amides is 3. The zero-order chi connectivity index (χ0) is 31.2. The van der Waals surface area contributed by atoms with E-state index in [1.807, 2.05) is 0 Å². The number of carbonyl (C=O) groups is 3. The summed E-state index contributed by atoms with van der Waals surface area (Å²) in [7, 11) is 1.37. The number of benzene rings is 1. The van der Waals surface area contributed by atoms with Gasteiger partial charge in [0.25, 0.3) is 29.2 Å². The lowest BCUT2D eigenvalue weighted by atomic mass is 9.86. The number of nitrogens with zero attached hydrogens (tertiary/aromatic N) is 2. The van der Waals surface area contributed by atoms with Gasteiger partial charge in [-0.15, -0.1) is 0 Å². The quantitative estimate of drug-likeness (QED) is 0.0484. The van der Waals surface area contributed by atoms with Gasteiger partial charge in [0.1, 0.15) is 5.82 Å². The first-order valence-corrected chi connectivity index (χ1v) is 12.7. The van der Waals surface area contributed by atoms with Crippen molar-refractivity contribution in [3.8, 4) is 0 Å². The van der Waals surface area contributed by atoms with Gasteiger partial charge in [0.05, 0.1) is 25.3 Å². The highest BCUT2D eigenvalue weighted by atomic mass is 19.1. The van der Waals surface area contributed by atoms with Crippen molar-refractivity contribution in [2.45, 2.75) is 30.4 Å². The second-order valence-electron chi connectivity index (χ2n) is 10.1. The largest absolute Gasteiger partial charge is 0.505 e. The standard InChI is InChI=1S/C25H30BFN4O11/c1-12(32)18(33)17-15(11-31(20(17)34)23(37)21(35)29-22(36)24(38,39)25(23,40)41)19(26)28-9-14-8-13(2-3-16(14)27)10-30-4-6-42-7-5-30/h2-3,8,28,32-33,37-41H,1,4-7,9-11,26H2,(H,29,35,36)/b18-17-,19-15+. The molecule has 3 aliphatic heterocycles. The second-order valence-corrected chi connectivity index (χ2v) is 10.1. The molecule has 0 saturated carbocycles. The van der Waals surface area contributed by atoms with Crippen molar-refractivity contribution >= 4 is 25.6 Å². The van der Waals surface area contributed by atoms with E-state index in [2.05, 4.69) is 16.8 Å². The molecule has 3 amide bonds. The summed E-state index contributed by atoms with van der Waals surface area (Å²) in [5.41, 5.74) is -3.80. The molecule has 17 heteroatoms. The molecular weight excluding hydrogens is 562 g/mol. The van der Waals surface area contributed by atoms with E-state index in [0.29, 0.717) is 32.8 Å². The Morgan fingerprint density at radius 2 is 1.74 bits per heavy atom. The van der Waals surface area contributed by atoms with E-state index < -0.39 is 64.5 Å². The topological polar surface area (TPSA) is 233 Å². The number of nitrogens with one attached hydrogen (secondary N) is 2. The third kappa shape index (κ3) is 5.04. The van der Waals surface area contributed by atoms with E-state index in [1.165, 1.54) is 19.2 Å². The van der Waals surface area contributed by atoms with E-state index in [9.17, 15) is 54.5 Å². The zero-order valence-corrected chi connectivity index (χ0v) is 22.4. The molecule has 1 aromatic rings. The minimum atomic E-state index is -4.37. The first kappa shape index (κ1) is 31.1. The van der Waals surface area contributed by atoms with Crippen molar-refractivity contribution in [3.05, 3.63) is 70.0 Å². The molecule has 9 N–H and O–H groups in total. The van der Waals surface area contributed by atoms with Crippen LogP contribution in [-0.4, -0.2) is 121 Å². The fourth-order valence-electron chi connectivity index (χ4n) is 4.89. The Hall–Kier alpha value is -3.84. The number of rotatable bonds is 7. The highest BCUT2D eigenvalue weighted by Crippen LogP contribution is 2.41. The van der Waals surface area contributed by atoms with Crippen LogP contribution < -0.4 is 10.6 Å². The monoisotopic (exact) mass is 592 g/mol. The van der Waals surface area contributed by atoms with Gasteiger partial charge >= 0.3 is 5.79 Å². The molecule has 0 aliphatic carbocycles. The molecule has 3 aliphatic rings. The SMILES string of the molecule is B/C(NCc1cc(CN2CCOCC2)ccc1F)=C1/CN(C2(O)C(=O)NC(=O)C(O)(O)C2(O)O)C(=O)/C1=C(\O)C(=C)O. The van der Waals surface area contributed by atoms with E-state index in [1.54, 1.807) is 12.1 Å². The molecule has 4 rings (SSSR count). The normalized spacial score (nSPS) is 26.6. The Labute approximate surface area is 238 Å². The van der Waals surface area contributed by atoms with Crippen LogP contribution in [0.5, 0.6) is 0 Å². The summed E-state index contributed by atoms with van der Waals surface area (Å²) in [5, 5.41) is 76.3. The molecule has 1 atom stereocenters. The molecule has 3 heterocycles. The minimum absolute atomic E-state index is 0.0447. The maximum atomic E-state index is 14.7. The molecule has 42 heavy (non-hydrogen) atoms. The molecule has 226 valence electrons. The number of aliphatic hydroxyl groups excluding tert-OH is 2. The van der Waals surface area contributed by atoms with Crippen LogP contribution >= 0.6 is 0 Å². The Morgan fingerprint density at radius 1 is 1.10 bits per heavy atom. The van der Waals surface area contributed by atoms with Crippen molar-refractivity contribution < 1.29 is 59.3 Å². The average molecular weight is 592 g/mol. The van der Waals surface area contributed by atoms with Crippen molar-refractivity contribution in [1.29, 1.82) is 0 Å². The van der Waals surface area contributed by atoms with Gasteiger partial charge in [0.15, 0.2) is 19.4 Å². The van der Waals surface area contributed by atoms with Gasteiger partial charge in [-0.05, 0) is 28.9 Å². The van der Waals surface area contributed by atoms with E-state index in [-0.39, 0.29) is 28.2 Å². The molecule has 15 nitrogen and oxygen atoms in total. The Balaban J connectivity index is 1.68. The van der Waals surface area contributed by atoms with Gasteiger partial charge in [-0.25, -0.2) is 4.39 Å². The summed E-state index contributed by atoms with van der Waals surface area (Å²) in [4.78, 5) is 40.0. The smallest absolute Gasteiger partial charge is 0.306 e. The van der Waals surface area contributed by atoms with Crippen molar-refractivity contribution in [1.82, 2.24) is 20.4 Å². The average Bonchev–Trinajstić information content (AvgIpc) is 3.28. The molecule has 1 aromatic carbocycles. The van der Waals surface area contributed by atoms with Gasteiger partial charge in [0.2, 0.25) is 0 Å². The third-order valence-corrected chi connectivity index (χ3v) is 7.43.